The molecule has 2 aromatic carbocycles. The number of nitrogens with zero attached hydrogens (tertiary/aromatic N) is 2. The first-order valence-corrected chi connectivity index (χ1v) is 10.0. The first-order chi connectivity index (χ1) is 14.9. The Morgan fingerprint density at radius 1 is 1.13 bits per heavy atom. The molecular formula is C22H14Cl2N2O5. The minimum absolute atomic E-state index is 0.102. The largest absolute Gasteiger partial charge is 0.497 e. The number of fused-ring (bicyclic) bond motifs is 2. The molecule has 0 aliphatic carbocycles. The van der Waals surface area contributed by atoms with Gasteiger partial charge in [0.25, 0.3) is 5.91 Å². The van der Waals surface area contributed by atoms with Gasteiger partial charge >= 0.3 is 0 Å². The lowest BCUT2D eigenvalue weighted by Gasteiger charge is -2.22. The van der Waals surface area contributed by atoms with Crippen LogP contribution in [0.1, 0.15) is 33.5 Å². The normalized spacial score (nSPS) is 15.5. The maximum atomic E-state index is 13.6. The number of aryl methyl sites for hydroxylation is 1. The van der Waals surface area contributed by atoms with Crippen molar-refractivity contribution < 1.29 is 18.5 Å². The van der Waals surface area contributed by atoms with Gasteiger partial charge in [-0.15, -0.1) is 0 Å². The maximum Gasteiger partial charge on any atom is 0.296 e. The van der Waals surface area contributed by atoms with Crippen LogP contribution in [0, 0.1) is 6.92 Å². The minimum Gasteiger partial charge on any atom is -0.497 e. The molecule has 1 aliphatic heterocycles. The van der Waals surface area contributed by atoms with E-state index in [1.165, 1.54) is 24.1 Å². The number of carbonyl (C=O) groups excluding carboxylic acids is 1. The Kier molecular flexibility index (Phi) is 4.53. The molecule has 0 N–H and O–H groups in total. The second-order valence-electron chi connectivity index (χ2n) is 7.09. The van der Waals surface area contributed by atoms with Crippen LogP contribution in [0.15, 0.2) is 56.2 Å². The molecular weight excluding hydrogens is 443 g/mol. The molecule has 5 rings (SSSR count). The molecule has 0 saturated carbocycles. The van der Waals surface area contributed by atoms with Gasteiger partial charge in [0, 0.05) is 11.1 Å². The Morgan fingerprint density at radius 2 is 1.94 bits per heavy atom. The second kappa shape index (κ2) is 7.14. The number of amides is 1. The SMILES string of the molecule is COc1cccc(C2c3c(oc4c(Cl)cc(Cl)cc4c3=O)C(=O)N2c2cc(C)on2)c1. The number of rotatable bonds is 3. The van der Waals surface area contributed by atoms with E-state index in [2.05, 4.69) is 5.16 Å². The highest BCUT2D eigenvalue weighted by molar-refractivity contribution is 6.38. The summed E-state index contributed by atoms with van der Waals surface area (Å²) in [5, 5.41) is 4.61. The van der Waals surface area contributed by atoms with Crippen LogP contribution in [0.5, 0.6) is 5.75 Å². The van der Waals surface area contributed by atoms with Gasteiger partial charge in [-0.05, 0) is 36.8 Å². The summed E-state index contributed by atoms with van der Waals surface area (Å²) in [7, 11) is 1.54. The first kappa shape index (κ1) is 19.7. The van der Waals surface area contributed by atoms with Gasteiger partial charge in [-0.2, -0.15) is 0 Å². The number of anilines is 1. The van der Waals surface area contributed by atoms with E-state index in [-0.39, 0.29) is 38.2 Å². The van der Waals surface area contributed by atoms with E-state index in [9.17, 15) is 9.59 Å². The number of methoxy groups -OCH3 is 1. The molecule has 1 unspecified atom stereocenters. The summed E-state index contributed by atoms with van der Waals surface area (Å²) >= 11 is 12.4. The summed E-state index contributed by atoms with van der Waals surface area (Å²) in [6.07, 6.45) is 0. The summed E-state index contributed by atoms with van der Waals surface area (Å²) in [5.74, 6) is 0.721. The van der Waals surface area contributed by atoms with Crippen molar-refractivity contribution in [1.82, 2.24) is 5.16 Å². The summed E-state index contributed by atoms with van der Waals surface area (Å²) in [4.78, 5) is 28.4. The Morgan fingerprint density at radius 3 is 2.65 bits per heavy atom. The number of carbonyl (C=O) groups is 1. The average Bonchev–Trinajstić information content (AvgIpc) is 3.30. The minimum atomic E-state index is -0.805. The van der Waals surface area contributed by atoms with Crippen molar-refractivity contribution in [3.05, 3.63) is 85.4 Å². The van der Waals surface area contributed by atoms with Gasteiger partial charge in [0.15, 0.2) is 16.8 Å². The van der Waals surface area contributed by atoms with Crippen molar-refractivity contribution in [3.8, 4) is 5.75 Å². The fourth-order valence-corrected chi connectivity index (χ4v) is 4.36. The molecule has 9 heteroatoms. The maximum absolute atomic E-state index is 13.6. The fourth-order valence-electron chi connectivity index (χ4n) is 3.83. The van der Waals surface area contributed by atoms with Crippen LogP contribution in [-0.4, -0.2) is 18.2 Å². The lowest BCUT2D eigenvalue weighted by molar-refractivity contribution is 0.0969. The third-order valence-corrected chi connectivity index (χ3v) is 5.66. The highest BCUT2D eigenvalue weighted by Gasteiger charge is 2.45. The summed E-state index contributed by atoms with van der Waals surface area (Å²) in [6, 6.07) is 10.8. The molecule has 0 fully saturated rings. The highest BCUT2D eigenvalue weighted by Crippen LogP contribution is 2.42. The van der Waals surface area contributed by atoms with Gasteiger partial charge in [0.1, 0.15) is 11.5 Å². The van der Waals surface area contributed by atoms with Crippen LogP contribution >= 0.6 is 23.2 Å². The number of benzene rings is 2. The molecule has 7 nitrogen and oxygen atoms in total. The second-order valence-corrected chi connectivity index (χ2v) is 7.93. The van der Waals surface area contributed by atoms with E-state index in [4.69, 9.17) is 36.9 Å². The highest BCUT2D eigenvalue weighted by atomic mass is 35.5. The van der Waals surface area contributed by atoms with Gasteiger partial charge in [-0.25, -0.2) is 0 Å². The molecule has 1 atom stereocenters. The zero-order valence-corrected chi connectivity index (χ0v) is 17.8. The Labute approximate surface area is 185 Å². The van der Waals surface area contributed by atoms with Gasteiger partial charge in [0.05, 0.1) is 29.1 Å². The quantitative estimate of drug-likeness (QED) is 0.423. The molecule has 4 aromatic rings. The zero-order valence-electron chi connectivity index (χ0n) is 16.3. The molecule has 31 heavy (non-hydrogen) atoms. The average molecular weight is 457 g/mol. The van der Waals surface area contributed by atoms with E-state index in [1.807, 2.05) is 0 Å². The molecule has 0 saturated heterocycles. The lowest BCUT2D eigenvalue weighted by Crippen LogP contribution is -2.29. The molecule has 156 valence electrons. The number of halogens is 2. The van der Waals surface area contributed by atoms with E-state index >= 15 is 0 Å². The molecule has 1 amide bonds. The van der Waals surface area contributed by atoms with Crippen LogP contribution in [-0.2, 0) is 0 Å². The van der Waals surface area contributed by atoms with Crippen LogP contribution < -0.4 is 15.1 Å². The third-order valence-electron chi connectivity index (χ3n) is 5.16. The standard InChI is InChI=1S/C22H14Cl2N2O5/c1-10-6-16(25-31-10)26-18(11-4-3-5-13(7-11)29-2)17-19(27)14-8-12(23)9-15(24)20(14)30-21(17)22(26)28/h3-9,18H,1-2H3. The van der Waals surface area contributed by atoms with Gasteiger partial charge < -0.3 is 13.7 Å². The zero-order chi connectivity index (χ0) is 21.9. The lowest BCUT2D eigenvalue weighted by atomic mass is 9.98. The van der Waals surface area contributed by atoms with Crippen molar-refractivity contribution >= 4 is 45.9 Å². The van der Waals surface area contributed by atoms with Crippen LogP contribution in [0.25, 0.3) is 11.0 Å². The van der Waals surface area contributed by atoms with E-state index in [0.717, 1.165) is 0 Å². The van der Waals surface area contributed by atoms with Crippen LogP contribution in [0.2, 0.25) is 10.0 Å². The van der Waals surface area contributed by atoms with E-state index < -0.39 is 17.4 Å². The van der Waals surface area contributed by atoms with Crippen molar-refractivity contribution in [1.29, 1.82) is 0 Å². The van der Waals surface area contributed by atoms with Gasteiger partial charge in [-0.3, -0.25) is 14.5 Å². The molecule has 1 aliphatic rings. The number of hydrogen-bond acceptors (Lipinski definition) is 6. The van der Waals surface area contributed by atoms with Crippen LogP contribution in [0.4, 0.5) is 5.82 Å². The molecule has 2 aromatic heterocycles. The monoisotopic (exact) mass is 456 g/mol. The van der Waals surface area contributed by atoms with Crippen molar-refractivity contribution in [2.24, 2.45) is 0 Å². The van der Waals surface area contributed by atoms with Crippen molar-refractivity contribution in [2.45, 2.75) is 13.0 Å². The Balaban J connectivity index is 1.84. The smallest absolute Gasteiger partial charge is 0.296 e. The summed E-state index contributed by atoms with van der Waals surface area (Å²) < 4.78 is 16.4. The predicted molar refractivity (Wildman–Crippen MR) is 115 cm³/mol. The molecule has 0 spiro atoms. The molecule has 0 bridgehead atoms. The van der Waals surface area contributed by atoms with E-state index in [0.29, 0.717) is 17.1 Å². The van der Waals surface area contributed by atoms with Gasteiger partial charge in [0.2, 0.25) is 5.76 Å². The number of aromatic nitrogens is 1. The topological polar surface area (TPSA) is 85.8 Å². The third kappa shape index (κ3) is 3.00. The summed E-state index contributed by atoms with van der Waals surface area (Å²) in [6.45, 7) is 1.71. The van der Waals surface area contributed by atoms with Crippen LogP contribution in [0.3, 0.4) is 0 Å². The first-order valence-electron chi connectivity index (χ1n) is 9.25. The molecule has 0 radical (unpaired) electrons. The Hall–Kier alpha value is -3.29. The van der Waals surface area contributed by atoms with Crippen molar-refractivity contribution in [3.63, 3.8) is 0 Å². The number of hydrogen-bond donors (Lipinski definition) is 0. The predicted octanol–water partition coefficient (Wildman–Crippen LogP) is 5.15. The van der Waals surface area contributed by atoms with Crippen molar-refractivity contribution in [2.75, 3.05) is 12.0 Å². The molecule has 3 heterocycles. The number of ether oxygens (including phenoxy) is 1. The summed E-state index contributed by atoms with van der Waals surface area (Å²) in [5.41, 5.74) is 0.520. The fraction of sp³-hybridized carbons (Fsp3) is 0.136. The van der Waals surface area contributed by atoms with E-state index in [1.54, 1.807) is 37.3 Å². The Bertz CT molecular complexity index is 1430. The van der Waals surface area contributed by atoms with Gasteiger partial charge in [-0.1, -0.05) is 40.5 Å².